The lowest BCUT2D eigenvalue weighted by Gasteiger charge is -2.07. The van der Waals surface area contributed by atoms with Gasteiger partial charge in [0.15, 0.2) is 0 Å². The van der Waals surface area contributed by atoms with Crippen molar-refractivity contribution in [3.05, 3.63) is 27.9 Å². The average molecular weight is 232 g/mol. The minimum Gasteiger partial charge on any atom is -0.361 e. The fraction of sp³-hybridized carbons (Fsp3) is 0.455. The fourth-order valence-electron chi connectivity index (χ4n) is 1.71. The molecule has 0 amide bonds. The van der Waals surface area contributed by atoms with Crippen LogP contribution in [0.15, 0.2) is 12.3 Å². The number of pyridine rings is 1. The van der Waals surface area contributed by atoms with Crippen molar-refractivity contribution in [1.82, 2.24) is 4.98 Å². The molecule has 1 aromatic heterocycles. The zero-order valence-electron chi connectivity index (χ0n) is 9.60. The van der Waals surface area contributed by atoms with Gasteiger partial charge < -0.3 is 5.32 Å². The van der Waals surface area contributed by atoms with Gasteiger partial charge in [-0.05, 0) is 17.9 Å². The van der Waals surface area contributed by atoms with Crippen LogP contribution >= 0.6 is 0 Å². The van der Waals surface area contributed by atoms with Gasteiger partial charge in [-0.1, -0.05) is 13.8 Å². The summed E-state index contributed by atoms with van der Waals surface area (Å²) in [7, 11) is 0. The van der Waals surface area contributed by atoms with E-state index in [1.807, 2.05) is 6.07 Å². The maximum absolute atomic E-state index is 10.9. The summed E-state index contributed by atoms with van der Waals surface area (Å²) in [5.74, 6) is 0.185. The Bertz CT molecular complexity index is 519. The van der Waals surface area contributed by atoms with E-state index in [1.165, 1.54) is 12.3 Å². The largest absolute Gasteiger partial charge is 0.361 e. The molecule has 1 fully saturated rings. The maximum atomic E-state index is 10.9. The molecule has 1 saturated carbocycles. The lowest BCUT2D eigenvalue weighted by molar-refractivity contribution is -0.384. The van der Waals surface area contributed by atoms with Crippen molar-refractivity contribution >= 4 is 11.5 Å². The van der Waals surface area contributed by atoms with Crippen molar-refractivity contribution in [2.24, 2.45) is 5.41 Å². The first kappa shape index (κ1) is 11.3. The molecule has 1 aromatic rings. The first-order valence-electron chi connectivity index (χ1n) is 5.26. The van der Waals surface area contributed by atoms with Crippen LogP contribution in [0.5, 0.6) is 0 Å². The van der Waals surface area contributed by atoms with Gasteiger partial charge in [0, 0.05) is 12.2 Å². The van der Waals surface area contributed by atoms with E-state index < -0.39 is 4.92 Å². The molecule has 1 atom stereocenters. The van der Waals surface area contributed by atoms with Crippen LogP contribution in [-0.2, 0) is 0 Å². The van der Waals surface area contributed by atoms with Crippen molar-refractivity contribution in [3.8, 4) is 6.07 Å². The van der Waals surface area contributed by atoms with E-state index >= 15 is 0 Å². The van der Waals surface area contributed by atoms with Crippen molar-refractivity contribution in [1.29, 1.82) is 5.26 Å². The summed E-state index contributed by atoms with van der Waals surface area (Å²) < 4.78 is 0. The van der Waals surface area contributed by atoms with Gasteiger partial charge in [-0.3, -0.25) is 10.1 Å². The van der Waals surface area contributed by atoms with Crippen molar-refractivity contribution < 1.29 is 4.92 Å². The molecule has 1 N–H and O–H groups in total. The first-order chi connectivity index (χ1) is 7.95. The molecule has 1 aliphatic rings. The molecule has 2 rings (SSSR count). The van der Waals surface area contributed by atoms with Crippen molar-refractivity contribution in [3.63, 3.8) is 0 Å². The number of rotatable bonds is 3. The molecule has 17 heavy (non-hydrogen) atoms. The number of nitrogens with zero attached hydrogens (tertiary/aromatic N) is 3. The Morgan fingerprint density at radius 3 is 2.82 bits per heavy atom. The van der Waals surface area contributed by atoms with Gasteiger partial charge in [0.2, 0.25) is 5.82 Å². The number of hydrogen-bond donors (Lipinski definition) is 1. The molecule has 0 aromatic carbocycles. The van der Waals surface area contributed by atoms with Crippen LogP contribution in [0, 0.1) is 26.9 Å². The fourth-order valence-corrected chi connectivity index (χ4v) is 1.71. The Kier molecular flexibility index (Phi) is 2.46. The third-order valence-corrected chi connectivity index (χ3v) is 3.05. The van der Waals surface area contributed by atoms with E-state index in [1.54, 1.807) is 0 Å². The molecule has 0 spiro atoms. The lowest BCUT2D eigenvalue weighted by Crippen LogP contribution is -2.12. The molecule has 1 aliphatic carbocycles. The molecular formula is C11H12N4O2. The number of nitro groups is 1. The second-order valence-electron chi connectivity index (χ2n) is 4.81. The molecule has 88 valence electrons. The van der Waals surface area contributed by atoms with E-state index in [0.29, 0.717) is 0 Å². The summed E-state index contributed by atoms with van der Waals surface area (Å²) in [4.78, 5) is 14.3. The molecule has 6 nitrogen and oxygen atoms in total. The molecule has 0 radical (unpaired) electrons. The highest BCUT2D eigenvalue weighted by molar-refractivity contribution is 5.64. The van der Waals surface area contributed by atoms with Gasteiger partial charge in [0.1, 0.15) is 11.6 Å². The van der Waals surface area contributed by atoms with Crippen LogP contribution < -0.4 is 5.32 Å². The third-order valence-electron chi connectivity index (χ3n) is 3.05. The Labute approximate surface area is 98.4 Å². The SMILES string of the molecule is CC1(C)CC1Nc1nccc(C#N)c1[N+](=O)[O-]. The highest BCUT2D eigenvalue weighted by Gasteiger charge is 2.46. The summed E-state index contributed by atoms with van der Waals surface area (Å²) in [6.07, 6.45) is 2.35. The van der Waals surface area contributed by atoms with Crippen LogP contribution in [-0.4, -0.2) is 15.9 Å². The Morgan fingerprint density at radius 1 is 1.71 bits per heavy atom. The van der Waals surface area contributed by atoms with Crippen molar-refractivity contribution in [2.75, 3.05) is 5.32 Å². The second kappa shape index (κ2) is 3.70. The summed E-state index contributed by atoms with van der Waals surface area (Å²) in [6, 6.07) is 3.34. The molecule has 0 saturated heterocycles. The van der Waals surface area contributed by atoms with Gasteiger partial charge in [0.25, 0.3) is 0 Å². The number of hydrogen-bond acceptors (Lipinski definition) is 5. The predicted molar refractivity (Wildman–Crippen MR) is 61.4 cm³/mol. The number of anilines is 1. The highest BCUT2D eigenvalue weighted by atomic mass is 16.6. The molecule has 1 heterocycles. The maximum Gasteiger partial charge on any atom is 0.328 e. The molecule has 0 bridgehead atoms. The summed E-state index contributed by atoms with van der Waals surface area (Å²) in [6.45, 7) is 4.15. The molecule has 0 aliphatic heterocycles. The number of nitrogens with one attached hydrogen (secondary N) is 1. The smallest absolute Gasteiger partial charge is 0.328 e. The monoisotopic (exact) mass is 232 g/mol. The predicted octanol–water partition coefficient (Wildman–Crippen LogP) is 2.07. The summed E-state index contributed by atoms with van der Waals surface area (Å²) in [5, 5.41) is 22.8. The van der Waals surface area contributed by atoms with Gasteiger partial charge in [0.05, 0.1) is 4.92 Å². The third kappa shape index (κ3) is 2.04. The van der Waals surface area contributed by atoms with Crippen LogP contribution in [0.1, 0.15) is 25.8 Å². The Hall–Kier alpha value is -2.16. The quantitative estimate of drug-likeness (QED) is 0.636. The summed E-state index contributed by atoms with van der Waals surface area (Å²) in [5.41, 5.74) is -0.0678. The zero-order valence-corrected chi connectivity index (χ0v) is 9.60. The van der Waals surface area contributed by atoms with E-state index in [9.17, 15) is 10.1 Å². The van der Waals surface area contributed by atoms with Gasteiger partial charge in [-0.25, -0.2) is 4.98 Å². The first-order valence-corrected chi connectivity index (χ1v) is 5.26. The lowest BCUT2D eigenvalue weighted by atomic mass is 10.2. The standard InChI is InChI=1S/C11H12N4O2/c1-11(2)5-8(11)14-10-9(15(16)17)7(6-12)3-4-13-10/h3-4,8H,5H2,1-2H3,(H,13,14). The topological polar surface area (TPSA) is 91.8 Å². The van der Waals surface area contributed by atoms with E-state index in [0.717, 1.165) is 6.42 Å². The van der Waals surface area contributed by atoms with Crippen molar-refractivity contribution in [2.45, 2.75) is 26.3 Å². The van der Waals surface area contributed by atoms with Crippen LogP contribution in [0.2, 0.25) is 0 Å². The minimum absolute atomic E-state index is 0.0333. The van der Waals surface area contributed by atoms with Crippen LogP contribution in [0.3, 0.4) is 0 Å². The van der Waals surface area contributed by atoms with Gasteiger partial charge in [-0.15, -0.1) is 0 Å². The van der Waals surface area contributed by atoms with E-state index in [4.69, 9.17) is 5.26 Å². The second-order valence-corrected chi connectivity index (χ2v) is 4.81. The number of nitriles is 1. The summed E-state index contributed by atoms with van der Waals surface area (Å²) >= 11 is 0. The van der Waals surface area contributed by atoms with Gasteiger partial charge >= 0.3 is 5.69 Å². The van der Waals surface area contributed by atoms with Gasteiger partial charge in [-0.2, -0.15) is 5.26 Å². The highest BCUT2D eigenvalue weighted by Crippen LogP contribution is 2.47. The van der Waals surface area contributed by atoms with E-state index in [-0.39, 0.29) is 28.5 Å². The van der Waals surface area contributed by atoms with Crippen LogP contribution in [0.25, 0.3) is 0 Å². The molecule has 1 unspecified atom stereocenters. The molecular weight excluding hydrogens is 220 g/mol. The Morgan fingerprint density at radius 2 is 2.35 bits per heavy atom. The Balaban J connectivity index is 2.34. The zero-order chi connectivity index (χ0) is 12.6. The minimum atomic E-state index is -0.566. The normalized spacial score (nSPS) is 20.4. The van der Waals surface area contributed by atoms with E-state index in [2.05, 4.69) is 24.1 Å². The van der Waals surface area contributed by atoms with Crippen LogP contribution in [0.4, 0.5) is 11.5 Å². The number of aromatic nitrogens is 1. The molecule has 6 heteroatoms. The average Bonchev–Trinajstić information content (AvgIpc) is 2.85.